The Morgan fingerprint density at radius 3 is 2.33 bits per heavy atom. The van der Waals surface area contributed by atoms with E-state index in [2.05, 4.69) is 11.8 Å². The summed E-state index contributed by atoms with van der Waals surface area (Å²) in [5.41, 5.74) is 1.79. The van der Waals surface area contributed by atoms with Crippen LogP contribution in [0.3, 0.4) is 0 Å². The number of nitrogens with zero attached hydrogens (tertiary/aromatic N) is 2. The van der Waals surface area contributed by atoms with Crippen molar-refractivity contribution in [3.05, 3.63) is 77.9 Å². The lowest BCUT2D eigenvalue weighted by Gasteiger charge is -2.41. The first-order valence-corrected chi connectivity index (χ1v) is 15.6. The minimum Gasteiger partial charge on any atom is -0.497 e. The van der Waals surface area contributed by atoms with Crippen LogP contribution in [0.2, 0.25) is 0 Å². The van der Waals surface area contributed by atoms with Crippen molar-refractivity contribution in [2.75, 3.05) is 31.9 Å². The number of hydrogen-bond acceptors (Lipinski definition) is 7. The number of esters is 1. The van der Waals surface area contributed by atoms with Crippen LogP contribution >= 0.6 is 11.8 Å². The van der Waals surface area contributed by atoms with Crippen molar-refractivity contribution in [2.24, 2.45) is 0 Å². The van der Waals surface area contributed by atoms with E-state index in [4.69, 9.17) is 9.47 Å². The fraction of sp³-hybridized carbons (Fsp3) is 0.367. The fourth-order valence-electron chi connectivity index (χ4n) is 5.09. The van der Waals surface area contributed by atoms with Gasteiger partial charge < -0.3 is 14.4 Å². The fourth-order valence-corrected chi connectivity index (χ4v) is 7.67. The maximum Gasteiger partial charge on any atom is 0.339 e. The average molecular weight is 569 g/mol. The third-order valence-corrected chi connectivity index (χ3v) is 10.1. The maximum atomic E-state index is 14.7. The van der Waals surface area contributed by atoms with Crippen molar-refractivity contribution in [3.8, 4) is 5.75 Å². The molecule has 0 spiro atoms. The third kappa shape index (κ3) is 5.81. The first kappa shape index (κ1) is 29.0. The molecule has 0 fully saturated rings. The van der Waals surface area contributed by atoms with E-state index in [9.17, 15) is 13.2 Å². The van der Waals surface area contributed by atoms with Crippen molar-refractivity contribution in [3.63, 3.8) is 0 Å². The smallest absolute Gasteiger partial charge is 0.339 e. The molecular weight excluding hydrogens is 532 g/mol. The van der Waals surface area contributed by atoms with Gasteiger partial charge in [-0.05, 0) is 61.6 Å². The van der Waals surface area contributed by atoms with Crippen LogP contribution < -0.4 is 9.64 Å². The summed E-state index contributed by atoms with van der Waals surface area (Å²) in [6.07, 6.45) is 4.35. The van der Waals surface area contributed by atoms with Gasteiger partial charge in [-0.1, -0.05) is 50.1 Å². The SMILES string of the molecule is CCCCC1(C)CN(c2ccccc2)c2cc(SC)c(C(=O)OC)cc2S(=O)(=O)N1Cc1ccc(OC)cc1. The molecule has 0 amide bonds. The molecule has 0 bridgehead atoms. The zero-order valence-electron chi connectivity index (χ0n) is 23.1. The van der Waals surface area contributed by atoms with Gasteiger partial charge in [0.1, 0.15) is 10.6 Å². The second-order valence-electron chi connectivity index (χ2n) is 9.89. The molecule has 7 nitrogen and oxygen atoms in total. The summed E-state index contributed by atoms with van der Waals surface area (Å²) in [6.45, 7) is 4.78. The monoisotopic (exact) mass is 568 g/mol. The lowest BCUT2D eigenvalue weighted by Crippen LogP contribution is -2.53. The molecule has 1 aliphatic rings. The van der Waals surface area contributed by atoms with E-state index in [1.165, 1.54) is 24.9 Å². The number of carbonyl (C=O) groups excluding carboxylic acids is 1. The zero-order chi connectivity index (χ0) is 28.2. The van der Waals surface area contributed by atoms with Gasteiger partial charge in [0, 0.05) is 23.7 Å². The van der Waals surface area contributed by atoms with Crippen LogP contribution in [0, 0.1) is 0 Å². The van der Waals surface area contributed by atoms with Crippen molar-refractivity contribution in [1.29, 1.82) is 0 Å². The minimum absolute atomic E-state index is 0.0956. The van der Waals surface area contributed by atoms with E-state index in [0.717, 1.165) is 24.1 Å². The minimum atomic E-state index is -4.06. The molecule has 4 rings (SSSR count). The van der Waals surface area contributed by atoms with Gasteiger partial charge in [0.15, 0.2) is 0 Å². The quantitative estimate of drug-likeness (QED) is 0.216. The van der Waals surface area contributed by atoms with E-state index in [0.29, 0.717) is 29.3 Å². The molecule has 1 atom stereocenters. The number of carbonyl (C=O) groups is 1. The van der Waals surface area contributed by atoms with E-state index in [-0.39, 0.29) is 17.0 Å². The van der Waals surface area contributed by atoms with Crippen LogP contribution in [-0.2, 0) is 21.3 Å². The van der Waals surface area contributed by atoms with Crippen LogP contribution in [-0.4, -0.2) is 51.3 Å². The summed E-state index contributed by atoms with van der Waals surface area (Å²) in [6, 6.07) is 20.6. The van der Waals surface area contributed by atoms with Crippen LogP contribution in [0.1, 0.15) is 49.0 Å². The molecule has 1 aliphatic heterocycles. The molecule has 3 aromatic rings. The molecule has 1 unspecified atom stereocenters. The van der Waals surface area contributed by atoms with Crippen molar-refractivity contribution in [2.45, 2.75) is 55.0 Å². The Morgan fingerprint density at radius 2 is 1.74 bits per heavy atom. The number of rotatable bonds is 9. The van der Waals surface area contributed by atoms with Crippen molar-refractivity contribution < 1.29 is 22.7 Å². The van der Waals surface area contributed by atoms with Crippen LogP contribution in [0.5, 0.6) is 5.75 Å². The molecule has 3 aromatic carbocycles. The van der Waals surface area contributed by atoms with E-state index < -0.39 is 21.5 Å². The van der Waals surface area contributed by atoms with Gasteiger partial charge in [0.05, 0.1) is 31.0 Å². The molecule has 0 aliphatic carbocycles. The van der Waals surface area contributed by atoms with E-state index >= 15 is 0 Å². The number of unbranched alkanes of at least 4 members (excludes halogenated alkanes) is 1. The van der Waals surface area contributed by atoms with E-state index in [1.54, 1.807) is 11.4 Å². The Kier molecular flexibility index (Phi) is 8.93. The molecule has 39 heavy (non-hydrogen) atoms. The van der Waals surface area contributed by atoms with Gasteiger partial charge in [-0.15, -0.1) is 11.8 Å². The largest absolute Gasteiger partial charge is 0.497 e. The number of sulfonamides is 1. The number of thioether (sulfide) groups is 1. The average Bonchev–Trinajstić information content (AvgIpc) is 3.03. The Labute approximate surface area is 236 Å². The lowest BCUT2D eigenvalue weighted by molar-refractivity contribution is 0.0596. The number of benzene rings is 3. The Bertz CT molecular complexity index is 1410. The molecular formula is C30H36N2O5S2. The van der Waals surface area contributed by atoms with Crippen LogP contribution in [0.4, 0.5) is 11.4 Å². The summed E-state index contributed by atoms with van der Waals surface area (Å²) >= 11 is 1.39. The zero-order valence-corrected chi connectivity index (χ0v) is 24.8. The highest BCUT2D eigenvalue weighted by Gasteiger charge is 2.46. The Balaban J connectivity index is 1.99. The van der Waals surface area contributed by atoms with Gasteiger partial charge in [-0.2, -0.15) is 4.31 Å². The third-order valence-electron chi connectivity index (χ3n) is 7.27. The first-order valence-electron chi connectivity index (χ1n) is 13.0. The van der Waals surface area contributed by atoms with Crippen molar-refractivity contribution in [1.82, 2.24) is 4.31 Å². The summed E-state index contributed by atoms with van der Waals surface area (Å²) in [4.78, 5) is 15.6. The molecule has 1 heterocycles. The Hall–Kier alpha value is -3.01. The van der Waals surface area contributed by atoms with Gasteiger partial charge in [-0.3, -0.25) is 0 Å². The second-order valence-corrected chi connectivity index (χ2v) is 12.6. The predicted molar refractivity (Wildman–Crippen MR) is 157 cm³/mol. The molecule has 9 heteroatoms. The van der Waals surface area contributed by atoms with Crippen LogP contribution in [0.25, 0.3) is 0 Å². The number of hydrogen-bond donors (Lipinski definition) is 0. The number of para-hydroxylation sites is 1. The van der Waals surface area contributed by atoms with Gasteiger partial charge in [-0.25, -0.2) is 13.2 Å². The maximum absolute atomic E-state index is 14.7. The molecule has 0 saturated heterocycles. The number of ether oxygens (including phenoxy) is 2. The highest BCUT2D eigenvalue weighted by Crippen LogP contribution is 2.45. The summed E-state index contributed by atoms with van der Waals surface area (Å²) in [5.74, 6) is 0.141. The van der Waals surface area contributed by atoms with E-state index in [1.807, 2.05) is 73.8 Å². The molecule has 0 saturated carbocycles. The Morgan fingerprint density at radius 1 is 1.05 bits per heavy atom. The highest BCUT2D eigenvalue weighted by molar-refractivity contribution is 7.98. The van der Waals surface area contributed by atoms with Crippen LogP contribution in [0.15, 0.2) is 76.5 Å². The predicted octanol–water partition coefficient (Wildman–Crippen LogP) is 6.50. The first-order chi connectivity index (χ1) is 18.7. The summed E-state index contributed by atoms with van der Waals surface area (Å²) in [7, 11) is -1.15. The van der Waals surface area contributed by atoms with Gasteiger partial charge in [0.2, 0.25) is 10.0 Å². The highest BCUT2D eigenvalue weighted by atomic mass is 32.2. The summed E-state index contributed by atoms with van der Waals surface area (Å²) in [5, 5.41) is 0. The van der Waals surface area contributed by atoms with Gasteiger partial charge >= 0.3 is 5.97 Å². The molecule has 0 radical (unpaired) electrons. The topological polar surface area (TPSA) is 76.2 Å². The number of methoxy groups -OCH3 is 2. The number of fused-ring (bicyclic) bond motifs is 1. The normalized spacial score (nSPS) is 18.7. The van der Waals surface area contributed by atoms with Crippen molar-refractivity contribution >= 4 is 39.1 Å². The molecule has 0 aromatic heterocycles. The lowest BCUT2D eigenvalue weighted by atomic mass is 9.92. The summed E-state index contributed by atoms with van der Waals surface area (Å²) < 4.78 is 41.3. The standard InChI is InChI=1S/C30H36N2O5S2/c1-6-7-17-30(2)21-31(23-11-9-8-10-12-23)26-19-27(38-5)25(29(33)37-4)18-28(26)39(34,35)32(30)20-22-13-15-24(36-3)16-14-22/h8-16,18-19H,6-7,17,20-21H2,1-5H3. The molecule has 208 valence electrons. The number of anilines is 2. The molecule has 0 N–H and O–H groups in total. The second kappa shape index (κ2) is 12.0. The van der Waals surface area contributed by atoms with Gasteiger partial charge in [0.25, 0.3) is 0 Å².